The van der Waals surface area contributed by atoms with Crippen LogP contribution in [0.25, 0.3) is 11.4 Å². The van der Waals surface area contributed by atoms with Gasteiger partial charge in [-0.05, 0) is 68.2 Å². The van der Waals surface area contributed by atoms with E-state index in [1.165, 1.54) is 6.07 Å². The number of benzene rings is 2. The minimum atomic E-state index is -0.953. The quantitative estimate of drug-likeness (QED) is 0.243. The van der Waals surface area contributed by atoms with Gasteiger partial charge >= 0.3 is 0 Å². The fourth-order valence-electron chi connectivity index (χ4n) is 5.43. The second-order valence-electron chi connectivity index (χ2n) is 10.0. The van der Waals surface area contributed by atoms with Gasteiger partial charge in [-0.3, -0.25) is 14.5 Å². The molecular weight excluding hydrogens is 551 g/mol. The minimum Gasteiger partial charge on any atom is -0.495 e. The molecule has 1 fully saturated rings. The van der Waals surface area contributed by atoms with Gasteiger partial charge in [0.2, 0.25) is 11.9 Å². The number of aromatic nitrogens is 3. The number of carbonyl (C=O) groups is 2. The number of hydrogen-bond donors (Lipinski definition) is 4. The molecule has 2 amide bonds. The maximum atomic E-state index is 14.6. The van der Waals surface area contributed by atoms with Gasteiger partial charge in [0.1, 0.15) is 23.2 Å². The van der Waals surface area contributed by atoms with Crippen molar-refractivity contribution in [2.45, 2.75) is 19.3 Å². The molecular formula is C28H28ClFN8O3. The lowest BCUT2D eigenvalue weighted by molar-refractivity contribution is -0.119. The summed E-state index contributed by atoms with van der Waals surface area (Å²) < 4.78 is 20.2. The highest BCUT2D eigenvalue weighted by molar-refractivity contribution is 6.31. The first-order chi connectivity index (χ1) is 19.8. The first-order valence-corrected chi connectivity index (χ1v) is 13.6. The molecule has 0 atom stereocenters. The molecule has 212 valence electrons. The highest BCUT2D eigenvalue weighted by atomic mass is 35.5. The number of hydrogen-bond acceptors (Lipinski definition) is 8. The lowest BCUT2D eigenvalue weighted by Gasteiger charge is -2.22. The highest BCUT2D eigenvalue weighted by Gasteiger charge is 2.29. The van der Waals surface area contributed by atoms with Gasteiger partial charge in [-0.1, -0.05) is 11.6 Å². The summed E-state index contributed by atoms with van der Waals surface area (Å²) in [6, 6.07) is 7.94. The summed E-state index contributed by atoms with van der Waals surface area (Å²) in [5, 5.41) is 6.32. The molecule has 2 aromatic rings. The topological polar surface area (TPSA) is 142 Å². The fraction of sp³-hybridized carbons (Fsp3) is 0.286. The molecule has 4 aliphatic heterocycles. The Labute approximate surface area is 240 Å². The summed E-state index contributed by atoms with van der Waals surface area (Å²) in [4.78, 5) is 41.3. The summed E-state index contributed by atoms with van der Waals surface area (Å²) in [7, 11) is 1.57. The zero-order chi connectivity index (χ0) is 28.7. The number of carbonyl (C=O) groups excluding carboxylic acids is 2. The minimum absolute atomic E-state index is 0.0666. The number of nitrogens with two attached hydrogens (primary N) is 1. The van der Waals surface area contributed by atoms with Gasteiger partial charge in [0, 0.05) is 23.5 Å². The van der Waals surface area contributed by atoms with Crippen LogP contribution in [0.2, 0.25) is 5.02 Å². The van der Waals surface area contributed by atoms with Crippen molar-refractivity contribution in [3.05, 3.63) is 58.5 Å². The number of amides is 2. The van der Waals surface area contributed by atoms with Gasteiger partial charge in [-0.2, -0.15) is 4.98 Å². The molecule has 41 heavy (non-hydrogen) atoms. The van der Waals surface area contributed by atoms with Crippen molar-refractivity contribution in [2.24, 2.45) is 5.73 Å². The van der Waals surface area contributed by atoms with Gasteiger partial charge in [0.15, 0.2) is 0 Å². The number of H-pyrrole nitrogens is 1. The van der Waals surface area contributed by atoms with Crippen LogP contribution in [0.3, 0.4) is 0 Å². The van der Waals surface area contributed by atoms with E-state index in [0.717, 1.165) is 49.7 Å². The van der Waals surface area contributed by atoms with E-state index in [2.05, 4.69) is 30.5 Å². The second kappa shape index (κ2) is 10.9. The van der Waals surface area contributed by atoms with Crippen molar-refractivity contribution in [2.75, 3.05) is 48.8 Å². The number of halogens is 2. The van der Waals surface area contributed by atoms with E-state index >= 15 is 0 Å². The molecule has 0 aromatic heterocycles. The average Bonchev–Trinajstić information content (AvgIpc) is 3.68. The third-order valence-corrected chi connectivity index (χ3v) is 7.60. The number of nitrogens with zero attached hydrogens (tertiary/aromatic N) is 4. The van der Waals surface area contributed by atoms with Crippen LogP contribution in [0.5, 0.6) is 5.75 Å². The van der Waals surface area contributed by atoms with Crippen molar-refractivity contribution < 1.29 is 18.7 Å². The zero-order valence-electron chi connectivity index (χ0n) is 22.3. The maximum absolute atomic E-state index is 14.6. The van der Waals surface area contributed by atoms with Crippen LogP contribution >= 0.6 is 11.6 Å². The molecule has 13 heteroatoms. The number of nitrogens with one attached hydrogen (secondary N) is 3. The Balaban J connectivity index is 1.33. The Hall–Kier alpha value is -4.42. The molecule has 4 aliphatic rings. The van der Waals surface area contributed by atoms with E-state index in [-0.39, 0.29) is 33.9 Å². The number of aromatic amines is 1. The Morgan fingerprint density at radius 1 is 1.15 bits per heavy atom. The summed E-state index contributed by atoms with van der Waals surface area (Å²) in [6.07, 6.45) is 4.56. The van der Waals surface area contributed by atoms with Crippen LogP contribution in [-0.4, -0.2) is 65.0 Å². The fourth-order valence-corrected chi connectivity index (χ4v) is 5.63. The van der Waals surface area contributed by atoms with Gasteiger partial charge < -0.3 is 31.0 Å². The van der Waals surface area contributed by atoms with Crippen molar-refractivity contribution in [3.63, 3.8) is 0 Å². The molecule has 0 radical (unpaired) electrons. The number of methoxy groups -OCH3 is 1. The normalized spacial score (nSPS) is 14.9. The second-order valence-corrected chi connectivity index (χ2v) is 10.5. The zero-order valence-corrected chi connectivity index (χ0v) is 23.0. The molecule has 0 aliphatic carbocycles. The average molecular weight is 579 g/mol. The summed E-state index contributed by atoms with van der Waals surface area (Å²) in [5.41, 5.74) is 8.18. The summed E-state index contributed by atoms with van der Waals surface area (Å²) in [6.45, 7) is 2.89. The van der Waals surface area contributed by atoms with Crippen molar-refractivity contribution in [3.8, 4) is 17.1 Å². The SMILES string of the molecule is COc1cc2c(cc1Nc1nc(Nc3cc(Cl)cc(F)c3C(N)=O)c3ccnc-3[nH]1)N(C(=O)CN1CCCC1)CC2. The lowest BCUT2D eigenvalue weighted by atomic mass is 10.1. The van der Waals surface area contributed by atoms with E-state index in [1.54, 1.807) is 19.4 Å². The molecule has 11 nitrogen and oxygen atoms in total. The first kappa shape index (κ1) is 26.8. The Bertz CT molecular complexity index is 1620. The van der Waals surface area contributed by atoms with Gasteiger partial charge in [-0.15, -0.1) is 0 Å². The standard InChI is InChI=1S/C28H28ClFN8O3/c1-41-22-10-15-5-9-38(23(39)14-37-7-2-3-8-37)21(15)13-19(22)34-28-35-26-17(4-6-32-26)27(36-28)33-20-12-16(29)11-18(30)24(20)25(31)40/h4,6,10-13H,2-3,5,7-9,14H2,1H3,(H2,31,40)(H3,32,33,34,35,36). The molecule has 6 rings (SSSR count). The van der Waals surface area contributed by atoms with E-state index in [0.29, 0.717) is 35.9 Å². The Kier molecular flexibility index (Phi) is 7.10. The van der Waals surface area contributed by atoms with Crippen molar-refractivity contribution >= 4 is 52.2 Å². The number of fused-ring (bicyclic) bond motifs is 2. The number of anilines is 5. The predicted molar refractivity (Wildman–Crippen MR) is 154 cm³/mol. The van der Waals surface area contributed by atoms with Crippen LogP contribution in [0.4, 0.5) is 33.2 Å². The molecule has 0 unspecified atom stereocenters. The summed E-state index contributed by atoms with van der Waals surface area (Å²) >= 11 is 6.06. The predicted octanol–water partition coefficient (Wildman–Crippen LogP) is 4.28. The Morgan fingerprint density at radius 3 is 2.71 bits per heavy atom. The van der Waals surface area contributed by atoms with Gasteiger partial charge in [-0.25, -0.2) is 9.37 Å². The van der Waals surface area contributed by atoms with Gasteiger partial charge in [0.05, 0.1) is 36.2 Å². The molecule has 0 bridgehead atoms. The first-order valence-electron chi connectivity index (χ1n) is 13.2. The number of likely N-dealkylation sites (tertiary alicyclic amines) is 1. The number of rotatable bonds is 8. The molecule has 2 aromatic carbocycles. The molecule has 0 saturated carbocycles. The van der Waals surface area contributed by atoms with Crippen LogP contribution in [0.15, 0.2) is 36.5 Å². The van der Waals surface area contributed by atoms with Crippen molar-refractivity contribution in [1.82, 2.24) is 19.9 Å². The van der Waals surface area contributed by atoms with Crippen LogP contribution in [-0.2, 0) is 11.2 Å². The van der Waals surface area contributed by atoms with Crippen LogP contribution < -0.4 is 26.0 Å². The van der Waals surface area contributed by atoms with E-state index in [4.69, 9.17) is 22.1 Å². The highest BCUT2D eigenvalue weighted by Crippen LogP contribution is 2.39. The van der Waals surface area contributed by atoms with E-state index in [1.807, 2.05) is 17.0 Å². The third kappa shape index (κ3) is 5.23. The maximum Gasteiger partial charge on any atom is 0.253 e. The number of ether oxygens (including phenoxy) is 1. The van der Waals surface area contributed by atoms with Crippen molar-refractivity contribution in [1.29, 1.82) is 0 Å². The molecule has 5 N–H and O–H groups in total. The lowest BCUT2D eigenvalue weighted by Crippen LogP contribution is -2.38. The molecule has 1 saturated heterocycles. The monoisotopic (exact) mass is 578 g/mol. The molecule has 0 spiro atoms. The van der Waals surface area contributed by atoms with E-state index < -0.39 is 11.7 Å². The van der Waals surface area contributed by atoms with Gasteiger partial charge in [0.25, 0.3) is 5.91 Å². The smallest absolute Gasteiger partial charge is 0.253 e. The molecule has 4 heterocycles. The summed E-state index contributed by atoms with van der Waals surface area (Å²) in [5.74, 6) is -0.109. The largest absolute Gasteiger partial charge is 0.495 e. The van der Waals surface area contributed by atoms with Crippen LogP contribution in [0, 0.1) is 5.82 Å². The van der Waals surface area contributed by atoms with Crippen LogP contribution in [0.1, 0.15) is 28.8 Å². The number of primary amides is 1. The van der Waals surface area contributed by atoms with E-state index in [9.17, 15) is 14.0 Å². The Morgan fingerprint density at radius 2 is 1.95 bits per heavy atom. The third-order valence-electron chi connectivity index (χ3n) is 7.38.